The third-order valence-corrected chi connectivity index (χ3v) is 3.69. The van der Waals surface area contributed by atoms with E-state index in [2.05, 4.69) is 37.9 Å². The van der Waals surface area contributed by atoms with Crippen molar-refractivity contribution < 1.29 is 4.79 Å². The van der Waals surface area contributed by atoms with E-state index in [1.165, 1.54) is 6.33 Å². The van der Waals surface area contributed by atoms with Crippen LogP contribution in [0, 0.1) is 2.88 Å². The molecule has 1 N–H and O–H groups in total. The fourth-order valence-electron chi connectivity index (χ4n) is 1.12. The van der Waals surface area contributed by atoms with Crippen LogP contribution < -0.4 is 5.32 Å². The number of nitrogens with zero attached hydrogens (tertiary/aromatic N) is 2. The highest BCUT2D eigenvalue weighted by Crippen LogP contribution is 2.16. The minimum Gasteiger partial charge on any atom is -0.346 e. The van der Waals surface area contributed by atoms with E-state index in [1.54, 1.807) is 23.6 Å². The van der Waals surface area contributed by atoms with Crippen molar-refractivity contribution in [3.05, 3.63) is 44.2 Å². The molecule has 0 unspecified atom stereocenters. The maximum atomic E-state index is 11.7. The average molecular weight is 345 g/mol. The first-order chi connectivity index (χ1) is 7.75. The second kappa shape index (κ2) is 5.35. The Morgan fingerprint density at radius 1 is 1.56 bits per heavy atom. The Morgan fingerprint density at radius 2 is 2.44 bits per heavy atom. The molecule has 6 heteroatoms. The van der Waals surface area contributed by atoms with Crippen LogP contribution in [0.1, 0.15) is 16.1 Å². The zero-order valence-electron chi connectivity index (χ0n) is 8.18. The minimum atomic E-state index is -0.0715. The molecule has 4 nitrogen and oxygen atoms in total. The maximum absolute atomic E-state index is 11.7. The van der Waals surface area contributed by atoms with Crippen LogP contribution in [0.5, 0.6) is 0 Å². The number of halogens is 1. The second-order valence-corrected chi connectivity index (χ2v) is 5.83. The Bertz CT molecular complexity index is 486. The molecule has 2 aromatic rings. The van der Waals surface area contributed by atoms with Gasteiger partial charge >= 0.3 is 0 Å². The Hall–Kier alpha value is -1.02. The van der Waals surface area contributed by atoms with Gasteiger partial charge in [-0.25, -0.2) is 9.97 Å². The van der Waals surface area contributed by atoms with Gasteiger partial charge in [0.15, 0.2) is 0 Å². The number of aromatic nitrogens is 2. The normalized spacial score (nSPS) is 10.1. The molecule has 2 rings (SSSR count). The standard InChI is InChI=1S/C10H8IN3OS/c11-9-3-7(5-16-9)10(15)13-4-8-1-2-12-6-14-8/h1-3,5-6H,4H2,(H,13,15). The van der Waals surface area contributed by atoms with Gasteiger partial charge in [0.2, 0.25) is 0 Å². The van der Waals surface area contributed by atoms with Crippen molar-refractivity contribution in [3.63, 3.8) is 0 Å². The van der Waals surface area contributed by atoms with Gasteiger partial charge < -0.3 is 5.32 Å². The van der Waals surface area contributed by atoms with Crippen LogP contribution in [0.15, 0.2) is 30.0 Å². The van der Waals surface area contributed by atoms with Crippen molar-refractivity contribution in [1.29, 1.82) is 0 Å². The fourth-order valence-corrected chi connectivity index (χ4v) is 2.45. The first-order valence-corrected chi connectivity index (χ1v) is 6.48. The van der Waals surface area contributed by atoms with Gasteiger partial charge in [0.1, 0.15) is 6.33 Å². The fraction of sp³-hybridized carbons (Fsp3) is 0.100. The van der Waals surface area contributed by atoms with Gasteiger partial charge in [-0.05, 0) is 34.7 Å². The molecular formula is C10H8IN3OS. The smallest absolute Gasteiger partial charge is 0.252 e. The van der Waals surface area contributed by atoms with Crippen LogP contribution in [-0.2, 0) is 6.54 Å². The number of hydrogen-bond acceptors (Lipinski definition) is 4. The Balaban J connectivity index is 1.94. The van der Waals surface area contributed by atoms with E-state index in [-0.39, 0.29) is 5.91 Å². The summed E-state index contributed by atoms with van der Waals surface area (Å²) in [4.78, 5) is 19.5. The van der Waals surface area contributed by atoms with E-state index in [0.29, 0.717) is 12.1 Å². The Morgan fingerprint density at radius 3 is 3.06 bits per heavy atom. The lowest BCUT2D eigenvalue weighted by atomic mass is 10.3. The molecule has 2 heterocycles. The van der Waals surface area contributed by atoms with Crippen LogP contribution in [-0.4, -0.2) is 15.9 Å². The summed E-state index contributed by atoms with van der Waals surface area (Å²) in [6.45, 7) is 0.424. The summed E-state index contributed by atoms with van der Waals surface area (Å²) in [7, 11) is 0. The van der Waals surface area contributed by atoms with Crippen LogP contribution in [0.3, 0.4) is 0 Å². The molecule has 0 spiro atoms. The third kappa shape index (κ3) is 2.99. The minimum absolute atomic E-state index is 0.0715. The van der Waals surface area contributed by atoms with Crippen molar-refractivity contribution >= 4 is 39.8 Å². The predicted octanol–water partition coefficient (Wildman–Crippen LogP) is 2.07. The molecule has 0 aliphatic heterocycles. The van der Waals surface area contributed by atoms with Gasteiger partial charge in [0.25, 0.3) is 5.91 Å². The summed E-state index contributed by atoms with van der Waals surface area (Å²) >= 11 is 3.75. The van der Waals surface area contributed by atoms with Gasteiger partial charge in [-0.2, -0.15) is 0 Å². The first kappa shape index (κ1) is 11.5. The van der Waals surface area contributed by atoms with E-state index in [4.69, 9.17) is 0 Å². The molecule has 0 saturated heterocycles. The van der Waals surface area contributed by atoms with E-state index >= 15 is 0 Å². The maximum Gasteiger partial charge on any atom is 0.252 e. The average Bonchev–Trinajstić information content (AvgIpc) is 2.74. The number of carbonyl (C=O) groups excluding carboxylic acids is 1. The van der Waals surface area contributed by atoms with Gasteiger partial charge in [-0.1, -0.05) is 0 Å². The summed E-state index contributed by atoms with van der Waals surface area (Å²) in [5.74, 6) is -0.0715. The summed E-state index contributed by atoms with van der Waals surface area (Å²) in [6.07, 6.45) is 3.12. The van der Waals surface area contributed by atoms with E-state index in [9.17, 15) is 4.79 Å². The highest BCUT2D eigenvalue weighted by Gasteiger charge is 2.07. The molecular weight excluding hydrogens is 337 g/mol. The number of rotatable bonds is 3. The van der Waals surface area contributed by atoms with Crippen LogP contribution in [0.25, 0.3) is 0 Å². The molecule has 0 aromatic carbocycles. The molecule has 0 saturated carbocycles. The molecule has 82 valence electrons. The molecule has 0 radical (unpaired) electrons. The van der Waals surface area contributed by atoms with Crippen molar-refractivity contribution in [2.45, 2.75) is 6.54 Å². The van der Waals surface area contributed by atoms with Crippen LogP contribution >= 0.6 is 33.9 Å². The molecule has 0 bridgehead atoms. The van der Waals surface area contributed by atoms with Crippen LogP contribution in [0.2, 0.25) is 0 Å². The zero-order chi connectivity index (χ0) is 11.4. The van der Waals surface area contributed by atoms with E-state index < -0.39 is 0 Å². The Kier molecular flexibility index (Phi) is 3.83. The highest BCUT2D eigenvalue weighted by atomic mass is 127. The molecule has 1 amide bonds. The highest BCUT2D eigenvalue weighted by molar-refractivity contribution is 14.1. The zero-order valence-corrected chi connectivity index (χ0v) is 11.2. The molecule has 0 aliphatic rings. The topological polar surface area (TPSA) is 54.9 Å². The van der Waals surface area contributed by atoms with Crippen LogP contribution in [0.4, 0.5) is 0 Å². The van der Waals surface area contributed by atoms with Gasteiger partial charge in [-0.3, -0.25) is 4.79 Å². The molecule has 0 fully saturated rings. The summed E-state index contributed by atoms with van der Waals surface area (Å²) in [5, 5.41) is 4.65. The summed E-state index contributed by atoms with van der Waals surface area (Å²) in [6, 6.07) is 3.64. The van der Waals surface area contributed by atoms with E-state index in [0.717, 1.165) is 8.58 Å². The number of thiophene rings is 1. The summed E-state index contributed by atoms with van der Waals surface area (Å²) < 4.78 is 1.10. The number of carbonyl (C=O) groups is 1. The monoisotopic (exact) mass is 345 g/mol. The Labute approximate surface area is 110 Å². The number of nitrogens with one attached hydrogen (secondary N) is 1. The lowest BCUT2D eigenvalue weighted by Gasteiger charge is -2.02. The second-order valence-electron chi connectivity index (χ2n) is 3.02. The lowest BCUT2D eigenvalue weighted by molar-refractivity contribution is 0.0951. The van der Waals surface area contributed by atoms with Crippen molar-refractivity contribution in [2.75, 3.05) is 0 Å². The molecule has 0 atom stereocenters. The number of hydrogen-bond donors (Lipinski definition) is 1. The third-order valence-electron chi connectivity index (χ3n) is 1.90. The van der Waals surface area contributed by atoms with Gasteiger partial charge in [0.05, 0.1) is 20.7 Å². The summed E-state index contributed by atoms with van der Waals surface area (Å²) in [5.41, 5.74) is 1.50. The van der Waals surface area contributed by atoms with Crippen molar-refractivity contribution in [3.8, 4) is 0 Å². The largest absolute Gasteiger partial charge is 0.346 e. The first-order valence-electron chi connectivity index (χ1n) is 4.53. The predicted molar refractivity (Wildman–Crippen MR) is 70.2 cm³/mol. The van der Waals surface area contributed by atoms with Crippen molar-refractivity contribution in [2.24, 2.45) is 0 Å². The molecule has 2 aromatic heterocycles. The molecule has 0 aliphatic carbocycles. The number of amides is 1. The SMILES string of the molecule is O=C(NCc1ccncn1)c1csc(I)c1. The van der Waals surface area contributed by atoms with Gasteiger partial charge in [0, 0.05) is 11.6 Å². The van der Waals surface area contributed by atoms with E-state index in [1.807, 2.05) is 11.4 Å². The molecule has 16 heavy (non-hydrogen) atoms. The van der Waals surface area contributed by atoms with Gasteiger partial charge in [-0.15, -0.1) is 11.3 Å². The lowest BCUT2D eigenvalue weighted by Crippen LogP contribution is -2.22. The van der Waals surface area contributed by atoms with Crippen molar-refractivity contribution in [1.82, 2.24) is 15.3 Å². The quantitative estimate of drug-likeness (QED) is 0.867.